The monoisotopic (exact) mass is 383 g/mol. The molecule has 0 bridgehead atoms. The van der Waals surface area contributed by atoms with Gasteiger partial charge in [0.1, 0.15) is 12.3 Å². The number of hydrogen-bond donors (Lipinski definition) is 2. The number of rotatable bonds is 9. The van der Waals surface area contributed by atoms with Crippen molar-refractivity contribution in [1.82, 2.24) is 15.3 Å². The average molecular weight is 383 g/mol. The van der Waals surface area contributed by atoms with Gasteiger partial charge in [0.25, 0.3) is 0 Å². The van der Waals surface area contributed by atoms with Crippen LogP contribution in [-0.2, 0) is 24.0 Å². The lowest BCUT2D eigenvalue weighted by Crippen LogP contribution is -2.62. The predicted molar refractivity (Wildman–Crippen MR) is 96.2 cm³/mol. The molecule has 0 aromatic heterocycles. The third kappa shape index (κ3) is 6.65. The molecule has 0 spiro atoms. The molecule has 1 aliphatic heterocycles. The van der Waals surface area contributed by atoms with Crippen molar-refractivity contribution in [3.05, 3.63) is 0 Å². The highest BCUT2D eigenvalue weighted by molar-refractivity contribution is 5.91. The van der Waals surface area contributed by atoms with Gasteiger partial charge in [0.15, 0.2) is 0 Å². The van der Waals surface area contributed by atoms with E-state index in [4.69, 9.17) is 5.11 Å². The number of aldehydes is 1. The Kier molecular flexibility index (Phi) is 8.90. The van der Waals surface area contributed by atoms with Crippen LogP contribution >= 0.6 is 0 Å². The number of carbonyl (C=O) groups excluding carboxylic acids is 4. The van der Waals surface area contributed by atoms with Gasteiger partial charge in [0.2, 0.25) is 17.7 Å². The molecule has 1 fully saturated rings. The molecule has 3 atom stereocenters. The molecule has 0 aromatic rings. The summed E-state index contributed by atoms with van der Waals surface area (Å²) in [4.78, 5) is 59.1. The van der Waals surface area contributed by atoms with Crippen molar-refractivity contribution in [2.75, 3.05) is 6.54 Å². The Morgan fingerprint density at radius 2 is 1.96 bits per heavy atom. The van der Waals surface area contributed by atoms with Gasteiger partial charge in [0.05, 0.1) is 12.5 Å². The fourth-order valence-electron chi connectivity index (χ4n) is 3.01. The first kappa shape index (κ1) is 22.6. The highest BCUT2D eigenvalue weighted by Crippen LogP contribution is 2.21. The molecule has 3 amide bonds. The SMILES string of the molecule is CCC(C)CCC(=O)N1CCCC(C(=O)NC(C=O)CC(=O)O)N1C(C)=O. The van der Waals surface area contributed by atoms with Crippen LogP contribution in [0.1, 0.15) is 59.3 Å². The van der Waals surface area contributed by atoms with E-state index >= 15 is 0 Å². The molecule has 9 nitrogen and oxygen atoms in total. The normalized spacial score (nSPS) is 19.1. The van der Waals surface area contributed by atoms with E-state index in [1.165, 1.54) is 11.9 Å². The maximum absolute atomic E-state index is 12.6. The summed E-state index contributed by atoms with van der Waals surface area (Å²) in [6.07, 6.45) is 2.59. The van der Waals surface area contributed by atoms with Crippen molar-refractivity contribution in [3.8, 4) is 0 Å². The minimum absolute atomic E-state index is 0.222. The summed E-state index contributed by atoms with van der Waals surface area (Å²) in [5, 5.41) is 13.6. The van der Waals surface area contributed by atoms with Crippen molar-refractivity contribution in [1.29, 1.82) is 0 Å². The van der Waals surface area contributed by atoms with E-state index in [2.05, 4.69) is 5.32 Å². The van der Waals surface area contributed by atoms with Crippen LogP contribution in [0.15, 0.2) is 0 Å². The Hall–Kier alpha value is -2.45. The number of carboxylic acids is 1. The summed E-state index contributed by atoms with van der Waals surface area (Å²) in [5.41, 5.74) is 0. The molecule has 1 heterocycles. The Labute approximate surface area is 159 Å². The molecule has 0 radical (unpaired) electrons. The maximum atomic E-state index is 12.6. The first-order valence-electron chi connectivity index (χ1n) is 9.28. The molecule has 27 heavy (non-hydrogen) atoms. The van der Waals surface area contributed by atoms with Crippen LogP contribution in [0.4, 0.5) is 0 Å². The van der Waals surface area contributed by atoms with Crippen LogP contribution < -0.4 is 5.32 Å². The van der Waals surface area contributed by atoms with Gasteiger partial charge in [-0.15, -0.1) is 0 Å². The summed E-state index contributed by atoms with van der Waals surface area (Å²) in [6, 6.07) is -2.12. The highest BCUT2D eigenvalue weighted by atomic mass is 16.4. The minimum Gasteiger partial charge on any atom is -0.481 e. The van der Waals surface area contributed by atoms with Gasteiger partial charge in [-0.1, -0.05) is 20.3 Å². The van der Waals surface area contributed by atoms with Crippen molar-refractivity contribution < 1.29 is 29.1 Å². The van der Waals surface area contributed by atoms with Crippen LogP contribution in [0.2, 0.25) is 0 Å². The summed E-state index contributed by atoms with van der Waals surface area (Å²) in [5.74, 6) is -2.15. The second-order valence-corrected chi connectivity index (χ2v) is 6.94. The van der Waals surface area contributed by atoms with E-state index in [1.807, 2.05) is 13.8 Å². The van der Waals surface area contributed by atoms with Gasteiger partial charge in [0, 0.05) is 19.9 Å². The molecule has 0 aliphatic carbocycles. The Morgan fingerprint density at radius 1 is 1.30 bits per heavy atom. The van der Waals surface area contributed by atoms with Crippen LogP contribution in [0.25, 0.3) is 0 Å². The molecule has 1 saturated heterocycles. The second-order valence-electron chi connectivity index (χ2n) is 6.94. The quantitative estimate of drug-likeness (QED) is 0.566. The van der Waals surface area contributed by atoms with E-state index in [9.17, 15) is 24.0 Å². The summed E-state index contributed by atoms with van der Waals surface area (Å²) in [7, 11) is 0. The average Bonchev–Trinajstić information content (AvgIpc) is 2.63. The largest absolute Gasteiger partial charge is 0.481 e. The number of hydrogen-bond acceptors (Lipinski definition) is 5. The highest BCUT2D eigenvalue weighted by Gasteiger charge is 2.38. The first-order chi connectivity index (χ1) is 12.7. The molecule has 1 aliphatic rings. The number of nitrogens with zero attached hydrogens (tertiary/aromatic N) is 2. The predicted octanol–water partition coefficient (Wildman–Crippen LogP) is 0.726. The number of hydrazine groups is 1. The van der Waals surface area contributed by atoms with Gasteiger partial charge < -0.3 is 15.2 Å². The van der Waals surface area contributed by atoms with Gasteiger partial charge in [-0.25, -0.2) is 5.01 Å². The van der Waals surface area contributed by atoms with Gasteiger partial charge in [-0.2, -0.15) is 0 Å². The van der Waals surface area contributed by atoms with E-state index < -0.39 is 36.3 Å². The number of amides is 3. The van der Waals surface area contributed by atoms with Gasteiger partial charge in [-0.05, 0) is 25.2 Å². The molecule has 9 heteroatoms. The zero-order valence-electron chi connectivity index (χ0n) is 16.1. The van der Waals surface area contributed by atoms with Crippen molar-refractivity contribution >= 4 is 30.0 Å². The van der Waals surface area contributed by atoms with Crippen LogP contribution in [0.3, 0.4) is 0 Å². The summed E-state index contributed by atoms with van der Waals surface area (Å²) >= 11 is 0. The molecule has 2 N–H and O–H groups in total. The number of nitrogens with one attached hydrogen (secondary N) is 1. The zero-order valence-corrected chi connectivity index (χ0v) is 16.1. The molecule has 0 aromatic carbocycles. The third-order valence-corrected chi connectivity index (χ3v) is 4.75. The third-order valence-electron chi connectivity index (χ3n) is 4.75. The fourth-order valence-corrected chi connectivity index (χ4v) is 3.01. The van der Waals surface area contributed by atoms with E-state index in [1.54, 1.807) is 0 Å². The lowest BCUT2D eigenvalue weighted by molar-refractivity contribution is -0.176. The Balaban J connectivity index is 2.88. The Bertz CT molecular complexity index is 579. The van der Waals surface area contributed by atoms with Crippen molar-refractivity contribution in [2.45, 2.75) is 71.4 Å². The molecule has 1 rings (SSSR count). The first-order valence-corrected chi connectivity index (χ1v) is 9.28. The standard InChI is InChI=1S/C18H29N3O6/c1-4-12(2)7-8-16(24)20-9-5-6-15(21(20)13(3)23)18(27)19-14(11-22)10-17(25)26/h11-12,14-15H,4-10H2,1-3H3,(H,19,27)(H,25,26). The van der Waals surface area contributed by atoms with Gasteiger partial charge >= 0.3 is 5.97 Å². The number of aliphatic carboxylic acids is 1. The summed E-state index contributed by atoms with van der Waals surface area (Å²) in [6.45, 7) is 5.70. The molecular formula is C18H29N3O6. The van der Waals surface area contributed by atoms with E-state index in [0.717, 1.165) is 11.4 Å². The minimum atomic E-state index is -1.22. The van der Waals surface area contributed by atoms with Crippen LogP contribution in [-0.4, -0.2) is 63.7 Å². The number of carboxylic acid groups (broad SMARTS) is 1. The van der Waals surface area contributed by atoms with Crippen LogP contribution in [0, 0.1) is 5.92 Å². The van der Waals surface area contributed by atoms with Crippen molar-refractivity contribution in [3.63, 3.8) is 0 Å². The van der Waals surface area contributed by atoms with E-state index in [-0.39, 0.29) is 12.3 Å². The Morgan fingerprint density at radius 3 is 2.48 bits per heavy atom. The fraction of sp³-hybridized carbons (Fsp3) is 0.722. The second kappa shape index (κ2) is 10.6. The van der Waals surface area contributed by atoms with Crippen LogP contribution in [0.5, 0.6) is 0 Å². The van der Waals surface area contributed by atoms with Crippen molar-refractivity contribution in [2.24, 2.45) is 5.92 Å². The zero-order chi connectivity index (χ0) is 20.6. The van der Waals surface area contributed by atoms with Gasteiger partial charge in [-0.3, -0.25) is 24.2 Å². The molecule has 3 unspecified atom stereocenters. The molecule has 0 saturated carbocycles. The lowest BCUT2D eigenvalue weighted by Gasteiger charge is -2.43. The van der Waals surface area contributed by atoms with E-state index in [0.29, 0.717) is 38.0 Å². The topological polar surface area (TPSA) is 124 Å². The summed E-state index contributed by atoms with van der Waals surface area (Å²) < 4.78 is 0. The molecule has 152 valence electrons. The number of carbonyl (C=O) groups is 5. The lowest BCUT2D eigenvalue weighted by atomic mass is 10.0. The smallest absolute Gasteiger partial charge is 0.305 e. The maximum Gasteiger partial charge on any atom is 0.305 e. The molecular weight excluding hydrogens is 354 g/mol.